The molecule has 0 saturated heterocycles. The van der Waals surface area contributed by atoms with E-state index in [9.17, 15) is 4.79 Å². The number of allylic oxidation sites excluding steroid dienone is 2. The first-order valence-corrected chi connectivity index (χ1v) is 14.7. The minimum Gasteiger partial charge on any atom is -0.368 e. The highest BCUT2D eigenvalue weighted by atomic mass is 16.5. The van der Waals surface area contributed by atoms with Crippen molar-refractivity contribution in [2.45, 2.75) is 84.6 Å². The minimum absolute atomic E-state index is 0.189. The molecule has 2 aliphatic rings. The van der Waals surface area contributed by atoms with Crippen LogP contribution >= 0.6 is 0 Å². The summed E-state index contributed by atoms with van der Waals surface area (Å²) in [5.74, 6) is 2.92. The van der Waals surface area contributed by atoms with Gasteiger partial charge in [-0.3, -0.25) is 14.5 Å². The fourth-order valence-electron chi connectivity index (χ4n) is 5.76. The molecule has 1 atom stereocenters. The molecule has 0 aliphatic heterocycles. The number of anilines is 1. The molecule has 0 spiro atoms. The zero-order chi connectivity index (χ0) is 27.6. The van der Waals surface area contributed by atoms with Crippen LogP contribution < -0.4 is 11.1 Å². The molecule has 10 nitrogen and oxygen atoms in total. The lowest BCUT2D eigenvalue weighted by atomic mass is 9.83. The summed E-state index contributed by atoms with van der Waals surface area (Å²) in [4.78, 5) is 33.7. The number of hydrogen-bond donors (Lipinski definition) is 2. The van der Waals surface area contributed by atoms with Gasteiger partial charge in [0.05, 0.1) is 0 Å². The first kappa shape index (κ1) is 26.4. The Morgan fingerprint density at radius 3 is 2.73 bits per heavy atom. The van der Waals surface area contributed by atoms with Crippen molar-refractivity contribution in [2.24, 2.45) is 11.8 Å². The van der Waals surface area contributed by atoms with Crippen molar-refractivity contribution in [2.75, 3.05) is 11.9 Å². The van der Waals surface area contributed by atoms with Gasteiger partial charge in [-0.1, -0.05) is 56.8 Å². The molecule has 1 fully saturated rings. The van der Waals surface area contributed by atoms with Crippen molar-refractivity contribution in [3.05, 3.63) is 46.1 Å². The minimum atomic E-state index is -0.643. The highest BCUT2D eigenvalue weighted by molar-refractivity contribution is 5.88. The van der Waals surface area contributed by atoms with Crippen LogP contribution in [-0.2, 0) is 6.54 Å². The number of H-pyrrole nitrogens is 1. The second-order valence-corrected chi connectivity index (χ2v) is 11.6. The summed E-state index contributed by atoms with van der Waals surface area (Å²) in [6.07, 6.45) is 13.7. The Balaban J connectivity index is 1.47. The molecule has 0 bridgehead atoms. The topological polar surface area (TPSA) is 127 Å². The molecule has 2 aliphatic carbocycles. The van der Waals surface area contributed by atoms with Gasteiger partial charge in [0.2, 0.25) is 11.6 Å². The first-order valence-electron chi connectivity index (χ1n) is 14.7. The maximum Gasteiger partial charge on any atom is 0.439 e. The summed E-state index contributed by atoms with van der Waals surface area (Å²) >= 11 is 0. The van der Waals surface area contributed by atoms with Gasteiger partial charge in [0.15, 0.2) is 17.3 Å². The van der Waals surface area contributed by atoms with E-state index < -0.39 is 5.76 Å². The fraction of sp³-hybridized carbons (Fsp3) is 0.533. The largest absolute Gasteiger partial charge is 0.439 e. The van der Waals surface area contributed by atoms with Crippen LogP contribution in [-0.4, -0.2) is 41.2 Å². The first-order chi connectivity index (χ1) is 19.5. The van der Waals surface area contributed by atoms with E-state index in [1.807, 2.05) is 6.20 Å². The fourth-order valence-corrected chi connectivity index (χ4v) is 5.76. The highest BCUT2D eigenvalue weighted by Gasteiger charge is 2.25. The molecule has 10 heteroatoms. The van der Waals surface area contributed by atoms with Crippen molar-refractivity contribution in [3.8, 4) is 23.2 Å². The van der Waals surface area contributed by atoms with Crippen LogP contribution in [0.25, 0.3) is 34.3 Å². The van der Waals surface area contributed by atoms with Crippen molar-refractivity contribution < 1.29 is 4.52 Å². The molecule has 0 radical (unpaired) electrons. The van der Waals surface area contributed by atoms with E-state index in [0.29, 0.717) is 23.3 Å². The number of nitrogens with zero attached hydrogens (tertiary/aromatic N) is 6. The average molecular weight is 543 g/mol. The van der Waals surface area contributed by atoms with Gasteiger partial charge < -0.3 is 9.88 Å². The number of rotatable bonds is 10. The number of aromatic amines is 1. The maximum absolute atomic E-state index is 11.7. The van der Waals surface area contributed by atoms with Gasteiger partial charge in [0, 0.05) is 19.3 Å². The monoisotopic (exact) mass is 542 g/mol. The maximum atomic E-state index is 11.7. The third kappa shape index (κ3) is 5.44. The molecule has 6 rings (SSSR count). The molecular formula is C30H38N8O2. The van der Waals surface area contributed by atoms with Gasteiger partial charge in [0.25, 0.3) is 0 Å². The summed E-state index contributed by atoms with van der Waals surface area (Å²) in [6.45, 7) is 8.21. The summed E-state index contributed by atoms with van der Waals surface area (Å²) in [7, 11) is 0. The van der Waals surface area contributed by atoms with Crippen LogP contribution in [0.4, 0.5) is 5.82 Å². The molecular weight excluding hydrogens is 504 g/mol. The number of pyridine rings is 1. The lowest BCUT2D eigenvalue weighted by Crippen LogP contribution is -2.18. The van der Waals surface area contributed by atoms with Gasteiger partial charge in [-0.05, 0) is 67.6 Å². The van der Waals surface area contributed by atoms with Gasteiger partial charge in [-0.25, -0.2) is 19.7 Å². The summed E-state index contributed by atoms with van der Waals surface area (Å²) in [5, 5.41) is 7.44. The second-order valence-electron chi connectivity index (χ2n) is 11.6. The van der Waals surface area contributed by atoms with E-state index in [1.165, 1.54) is 24.8 Å². The van der Waals surface area contributed by atoms with Crippen LogP contribution in [0.15, 0.2) is 39.3 Å². The summed E-state index contributed by atoms with van der Waals surface area (Å²) in [5.41, 5.74) is 4.99. The van der Waals surface area contributed by atoms with Crippen molar-refractivity contribution in [1.29, 1.82) is 0 Å². The zero-order valence-corrected chi connectivity index (χ0v) is 23.6. The molecule has 0 amide bonds. The smallest absolute Gasteiger partial charge is 0.368 e. The molecule has 2 N–H and O–H groups in total. The predicted molar refractivity (Wildman–Crippen MR) is 155 cm³/mol. The van der Waals surface area contributed by atoms with Gasteiger partial charge in [-0.2, -0.15) is 0 Å². The third-order valence-corrected chi connectivity index (χ3v) is 8.51. The summed E-state index contributed by atoms with van der Waals surface area (Å²) < 4.78 is 7.02. The zero-order valence-electron chi connectivity index (χ0n) is 23.6. The Morgan fingerprint density at radius 2 is 2.05 bits per heavy atom. The molecule has 40 heavy (non-hydrogen) atoms. The lowest BCUT2D eigenvalue weighted by molar-refractivity contribution is 0.303. The van der Waals surface area contributed by atoms with Crippen LogP contribution in [0.5, 0.6) is 0 Å². The molecule has 1 saturated carbocycles. The van der Waals surface area contributed by atoms with Gasteiger partial charge >= 0.3 is 5.76 Å². The van der Waals surface area contributed by atoms with E-state index in [1.54, 1.807) is 5.57 Å². The van der Waals surface area contributed by atoms with Crippen LogP contribution in [0.3, 0.4) is 0 Å². The molecule has 4 aromatic heterocycles. The Morgan fingerprint density at radius 1 is 1.18 bits per heavy atom. The highest BCUT2D eigenvalue weighted by Crippen LogP contribution is 2.34. The van der Waals surface area contributed by atoms with Crippen LogP contribution in [0.1, 0.15) is 83.6 Å². The Labute approximate surface area is 233 Å². The molecule has 0 unspecified atom stereocenters. The van der Waals surface area contributed by atoms with E-state index in [0.717, 1.165) is 68.1 Å². The van der Waals surface area contributed by atoms with Gasteiger partial charge in [-0.15, -0.1) is 0 Å². The Bertz CT molecular complexity index is 1580. The average Bonchev–Trinajstić information content (AvgIpc) is 3.54. The van der Waals surface area contributed by atoms with Crippen molar-refractivity contribution in [1.82, 2.24) is 34.6 Å². The Kier molecular flexibility index (Phi) is 7.49. The quantitative estimate of drug-likeness (QED) is 0.230. The molecule has 4 aromatic rings. The van der Waals surface area contributed by atoms with E-state index >= 15 is 0 Å². The number of imidazole rings is 1. The van der Waals surface area contributed by atoms with E-state index in [4.69, 9.17) is 24.5 Å². The molecule has 0 aromatic carbocycles. The lowest BCUT2D eigenvalue weighted by Gasteiger charge is -2.25. The van der Waals surface area contributed by atoms with Crippen molar-refractivity contribution in [3.63, 3.8) is 0 Å². The molecule has 210 valence electrons. The standard InChI is InChI=1S/C30H38N8O2/c1-4-19-8-10-21(11-9-19)17-38-24-25(32-14-12-20-6-5-7-20)33-27(28-36-30(39)40-37-28)34-26(24)35-29(38)23-16-22(18(2)3)13-15-31-23/h8,13,15-16,18,20-21H,4-7,9-12,14,17H2,1-3H3,(H,32,33,34)(H,36,37,39)/t21-/m0/s1. The predicted octanol–water partition coefficient (Wildman–Crippen LogP) is 6.09. The summed E-state index contributed by atoms with van der Waals surface area (Å²) in [6, 6.07) is 4.19. The van der Waals surface area contributed by atoms with Crippen LogP contribution in [0.2, 0.25) is 0 Å². The normalized spacial score (nSPS) is 17.8. The number of fused-ring (bicyclic) bond motifs is 1. The van der Waals surface area contributed by atoms with E-state index in [2.05, 4.69) is 59.0 Å². The number of nitrogens with one attached hydrogen (secondary N) is 2. The van der Waals surface area contributed by atoms with Gasteiger partial charge in [0.1, 0.15) is 11.2 Å². The van der Waals surface area contributed by atoms with Crippen LogP contribution in [0, 0.1) is 11.8 Å². The second kappa shape index (κ2) is 11.3. The number of aromatic nitrogens is 7. The van der Waals surface area contributed by atoms with Crippen molar-refractivity contribution >= 4 is 17.0 Å². The number of hydrogen-bond acceptors (Lipinski definition) is 8. The van der Waals surface area contributed by atoms with E-state index in [-0.39, 0.29) is 11.6 Å². The molecule has 4 heterocycles. The Hall–Kier alpha value is -3.82. The third-order valence-electron chi connectivity index (χ3n) is 8.51. The SMILES string of the molecule is CCC1=CC[C@H](Cn2c(-c3cc(C(C)C)ccn3)nc3nc(-c4noc(=O)[nH]4)nc(NCCC4CCC4)c32)CC1.